The molecule has 0 aliphatic heterocycles. The summed E-state index contributed by atoms with van der Waals surface area (Å²) in [6.07, 6.45) is 6.86. The molecular weight excluding hydrogens is 166 g/mol. The van der Waals surface area contributed by atoms with E-state index in [1.54, 1.807) is 23.3 Å². The molecule has 1 N–H and O–H groups in total. The van der Waals surface area contributed by atoms with Crippen LogP contribution < -0.4 is 0 Å². The van der Waals surface area contributed by atoms with Crippen molar-refractivity contribution in [1.29, 1.82) is 0 Å². The molecule has 0 aromatic carbocycles. The SMILES string of the molecule is OCc1cncc(-n2cccn2)c1. The van der Waals surface area contributed by atoms with Crippen LogP contribution in [0.15, 0.2) is 36.9 Å². The van der Waals surface area contributed by atoms with E-state index in [1.165, 1.54) is 0 Å². The number of hydrogen-bond acceptors (Lipinski definition) is 3. The van der Waals surface area contributed by atoms with Gasteiger partial charge in [0.2, 0.25) is 0 Å². The van der Waals surface area contributed by atoms with Gasteiger partial charge in [-0.1, -0.05) is 0 Å². The first-order chi connectivity index (χ1) is 6.40. The highest BCUT2D eigenvalue weighted by Gasteiger charge is 1.97. The smallest absolute Gasteiger partial charge is 0.0832 e. The minimum Gasteiger partial charge on any atom is -0.392 e. The zero-order chi connectivity index (χ0) is 9.10. The zero-order valence-electron chi connectivity index (χ0n) is 6.96. The van der Waals surface area contributed by atoms with E-state index in [-0.39, 0.29) is 6.61 Å². The van der Waals surface area contributed by atoms with Crippen LogP contribution in [0.4, 0.5) is 0 Å². The van der Waals surface area contributed by atoms with Gasteiger partial charge in [0.1, 0.15) is 0 Å². The summed E-state index contributed by atoms with van der Waals surface area (Å²) in [5.41, 5.74) is 1.64. The Hall–Kier alpha value is -1.68. The maximum Gasteiger partial charge on any atom is 0.0832 e. The molecule has 0 fully saturated rings. The molecule has 0 radical (unpaired) electrons. The molecule has 4 heteroatoms. The molecule has 66 valence electrons. The molecule has 0 amide bonds. The fraction of sp³-hybridized carbons (Fsp3) is 0.111. The first-order valence-electron chi connectivity index (χ1n) is 3.95. The summed E-state index contributed by atoms with van der Waals surface area (Å²) < 4.78 is 1.70. The standard InChI is InChI=1S/C9H9N3O/c13-7-8-4-9(6-10-5-8)12-3-1-2-11-12/h1-6,13H,7H2. The molecule has 0 aliphatic carbocycles. The lowest BCUT2D eigenvalue weighted by Gasteiger charge is -2.01. The van der Waals surface area contributed by atoms with Crippen LogP contribution in [0.25, 0.3) is 5.69 Å². The van der Waals surface area contributed by atoms with Gasteiger partial charge in [0.15, 0.2) is 0 Å². The Bertz CT molecular complexity index is 384. The van der Waals surface area contributed by atoms with Crippen molar-refractivity contribution >= 4 is 0 Å². The Balaban J connectivity index is 2.41. The number of pyridine rings is 1. The average molecular weight is 175 g/mol. The van der Waals surface area contributed by atoms with E-state index in [2.05, 4.69) is 10.1 Å². The highest BCUT2D eigenvalue weighted by atomic mass is 16.3. The normalized spacial score (nSPS) is 10.2. The van der Waals surface area contributed by atoms with Gasteiger partial charge in [0.05, 0.1) is 18.5 Å². The molecule has 0 aliphatic rings. The molecule has 0 bridgehead atoms. The maximum atomic E-state index is 8.89. The lowest BCUT2D eigenvalue weighted by Crippen LogP contribution is -1.96. The summed E-state index contributed by atoms with van der Waals surface area (Å²) in [4.78, 5) is 3.99. The quantitative estimate of drug-likeness (QED) is 0.733. The van der Waals surface area contributed by atoms with Crippen molar-refractivity contribution in [3.63, 3.8) is 0 Å². The molecule has 4 nitrogen and oxygen atoms in total. The van der Waals surface area contributed by atoms with Crippen LogP contribution in [0.3, 0.4) is 0 Å². The van der Waals surface area contributed by atoms with E-state index in [0.29, 0.717) is 0 Å². The van der Waals surface area contributed by atoms with Crippen LogP contribution >= 0.6 is 0 Å². The fourth-order valence-electron chi connectivity index (χ4n) is 1.11. The van der Waals surface area contributed by atoms with Gasteiger partial charge in [-0.3, -0.25) is 4.98 Å². The van der Waals surface area contributed by atoms with Crippen LogP contribution in [0.1, 0.15) is 5.56 Å². The first kappa shape index (κ1) is 7.94. The summed E-state index contributed by atoms with van der Waals surface area (Å²) in [6.45, 7) is 0.00209. The van der Waals surface area contributed by atoms with Crippen molar-refractivity contribution in [2.24, 2.45) is 0 Å². The number of hydrogen-bond donors (Lipinski definition) is 1. The molecule has 0 atom stereocenters. The van der Waals surface area contributed by atoms with Gasteiger partial charge in [-0.05, 0) is 17.7 Å². The average Bonchev–Trinajstić information content (AvgIpc) is 2.71. The second kappa shape index (κ2) is 3.37. The summed E-state index contributed by atoms with van der Waals surface area (Å²) >= 11 is 0. The van der Waals surface area contributed by atoms with Crippen LogP contribution in [0.5, 0.6) is 0 Å². The molecule has 2 aromatic heterocycles. The molecule has 2 heterocycles. The fourth-order valence-corrected chi connectivity index (χ4v) is 1.11. The molecule has 0 unspecified atom stereocenters. The Morgan fingerprint density at radius 1 is 1.38 bits per heavy atom. The Morgan fingerprint density at radius 2 is 2.31 bits per heavy atom. The number of nitrogens with zero attached hydrogens (tertiary/aromatic N) is 3. The number of aromatic nitrogens is 3. The number of rotatable bonds is 2. The molecule has 0 spiro atoms. The third-order valence-electron chi connectivity index (χ3n) is 1.73. The molecule has 13 heavy (non-hydrogen) atoms. The maximum absolute atomic E-state index is 8.89. The second-order valence-electron chi connectivity index (χ2n) is 2.66. The van der Waals surface area contributed by atoms with Gasteiger partial charge in [0.25, 0.3) is 0 Å². The lowest BCUT2D eigenvalue weighted by atomic mass is 10.3. The van der Waals surface area contributed by atoms with E-state index in [1.807, 2.05) is 18.3 Å². The highest BCUT2D eigenvalue weighted by molar-refractivity contribution is 5.30. The van der Waals surface area contributed by atoms with Crippen molar-refractivity contribution in [2.75, 3.05) is 0 Å². The van der Waals surface area contributed by atoms with E-state index in [9.17, 15) is 0 Å². The van der Waals surface area contributed by atoms with Crippen molar-refractivity contribution in [3.8, 4) is 5.69 Å². The summed E-state index contributed by atoms with van der Waals surface area (Å²) in [5, 5.41) is 12.9. The minimum atomic E-state index is 0.00209. The van der Waals surface area contributed by atoms with Crippen LogP contribution in [-0.4, -0.2) is 19.9 Å². The van der Waals surface area contributed by atoms with Crippen molar-refractivity contribution < 1.29 is 5.11 Å². The van der Waals surface area contributed by atoms with Crippen molar-refractivity contribution in [3.05, 3.63) is 42.5 Å². The van der Waals surface area contributed by atoms with E-state index in [0.717, 1.165) is 11.3 Å². The van der Waals surface area contributed by atoms with E-state index >= 15 is 0 Å². The topological polar surface area (TPSA) is 50.9 Å². The first-order valence-corrected chi connectivity index (χ1v) is 3.95. The van der Waals surface area contributed by atoms with Gasteiger partial charge in [-0.25, -0.2) is 4.68 Å². The number of aliphatic hydroxyl groups is 1. The third-order valence-corrected chi connectivity index (χ3v) is 1.73. The zero-order valence-corrected chi connectivity index (χ0v) is 6.96. The predicted octanol–water partition coefficient (Wildman–Crippen LogP) is 0.760. The number of aliphatic hydroxyl groups excluding tert-OH is 1. The molecular formula is C9H9N3O. The minimum absolute atomic E-state index is 0.00209. The summed E-state index contributed by atoms with van der Waals surface area (Å²) in [5.74, 6) is 0. The second-order valence-corrected chi connectivity index (χ2v) is 2.66. The van der Waals surface area contributed by atoms with Gasteiger partial charge in [0, 0.05) is 18.6 Å². The van der Waals surface area contributed by atoms with E-state index < -0.39 is 0 Å². The summed E-state index contributed by atoms with van der Waals surface area (Å²) in [7, 11) is 0. The van der Waals surface area contributed by atoms with Crippen LogP contribution in [0, 0.1) is 0 Å². The Kier molecular flexibility index (Phi) is 2.06. The molecule has 0 saturated heterocycles. The monoisotopic (exact) mass is 175 g/mol. The van der Waals surface area contributed by atoms with Gasteiger partial charge in [-0.2, -0.15) is 5.10 Å². The largest absolute Gasteiger partial charge is 0.392 e. The van der Waals surface area contributed by atoms with Gasteiger partial charge in [-0.15, -0.1) is 0 Å². The van der Waals surface area contributed by atoms with Gasteiger partial charge >= 0.3 is 0 Å². The van der Waals surface area contributed by atoms with Crippen LogP contribution in [-0.2, 0) is 6.61 Å². The highest BCUT2D eigenvalue weighted by Crippen LogP contribution is 2.06. The Morgan fingerprint density at radius 3 is 3.00 bits per heavy atom. The van der Waals surface area contributed by atoms with Crippen molar-refractivity contribution in [2.45, 2.75) is 6.61 Å². The van der Waals surface area contributed by atoms with Crippen molar-refractivity contribution in [1.82, 2.24) is 14.8 Å². The predicted molar refractivity (Wildman–Crippen MR) is 47.3 cm³/mol. The molecule has 0 saturated carbocycles. The molecule has 2 aromatic rings. The Labute approximate surface area is 75.5 Å². The lowest BCUT2D eigenvalue weighted by molar-refractivity contribution is 0.281. The van der Waals surface area contributed by atoms with E-state index in [4.69, 9.17) is 5.11 Å². The third kappa shape index (κ3) is 1.57. The van der Waals surface area contributed by atoms with Crippen LogP contribution in [0.2, 0.25) is 0 Å². The molecule has 2 rings (SSSR count). The summed E-state index contributed by atoms with van der Waals surface area (Å²) in [6, 6.07) is 3.69. The van der Waals surface area contributed by atoms with Gasteiger partial charge < -0.3 is 5.11 Å².